The summed E-state index contributed by atoms with van der Waals surface area (Å²) < 4.78 is 14.8. The Balaban J connectivity index is 2.52. The molecule has 1 aromatic carbocycles. The molecule has 0 saturated heterocycles. The fourth-order valence-electron chi connectivity index (χ4n) is 2.44. The predicted octanol–water partition coefficient (Wildman–Crippen LogP) is 2.14. The zero-order valence-corrected chi connectivity index (χ0v) is 14.1. The van der Waals surface area contributed by atoms with Gasteiger partial charge in [0.25, 0.3) is 0 Å². The molecule has 2 rings (SSSR count). The molecule has 0 spiro atoms. The van der Waals surface area contributed by atoms with Crippen LogP contribution in [0.4, 0.5) is 0 Å². The number of esters is 2. The van der Waals surface area contributed by atoms with E-state index in [1.165, 1.54) is 26.4 Å². The average molecular weight is 346 g/mol. The van der Waals surface area contributed by atoms with Crippen molar-refractivity contribution in [2.45, 2.75) is 19.3 Å². The Bertz CT molecular complexity index is 833. The Kier molecular flexibility index (Phi) is 5.59. The van der Waals surface area contributed by atoms with Gasteiger partial charge in [-0.3, -0.25) is 9.59 Å². The molecule has 0 amide bonds. The quantitative estimate of drug-likeness (QED) is 0.827. The fourth-order valence-corrected chi connectivity index (χ4v) is 2.44. The highest BCUT2D eigenvalue weighted by molar-refractivity contribution is 5.89. The maximum atomic E-state index is 11.8. The summed E-state index contributed by atoms with van der Waals surface area (Å²) in [7, 11) is 2.52. The molecule has 0 bridgehead atoms. The molecule has 0 radical (unpaired) electrons. The Morgan fingerprint density at radius 2 is 1.80 bits per heavy atom. The second kappa shape index (κ2) is 7.65. The van der Waals surface area contributed by atoms with E-state index in [1.54, 1.807) is 19.1 Å². The SMILES string of the molecule is COC(=O)CC(c1ccc(C(=O)OC)cc1)c1oc(C)cc(=O)c1O. The molecule has 1 heterocycles. The fraction of sp³-hybridized carbons (Fsp3) is 0.278. The summed E-state index contributed by atoms with van der Waals surface area (Å²) >= 11 is 0. The molecule has 1 N–H and O–H groups in total. The Hall–Kier alpha value is -3.09. The van der Waals surface area contributed by atoms with E-state index >= 15 is 0 Å². The van der Waals surface area contributed by atoms with Gasteiger partial charge in [-0.1, -0.05) is 12.1 Å². The van der Waals surface area contributed by atoms with E-state index < -0.39 is 29.0 Å². The summed E-state index contributed by atoms with van der Waals surface area (Å²) in [5, 5.41) is 10.1. The van der Waals surface area contributed by atoms with Gasteiger partial charge in [0, 0.05) is 6.07 Å². The first-order valence-electron chi connectivity index (χ1n) is 7.46. The van der Waals surface area contributed by atoms with Gasteiger partial charge in [-0.05, 0) is 24.6 Å². The molecule has 25 heavy (non-hydrogen) atoms. The molecule has 0 aliphatic carbocycles. The molecule has 0 aliphatic heterocycles. The molecule has 132 valence electrons. The van der Waals surface area contributed by atoms with E-state index in [9.17, 15) is 19.5 Å². The number of hydrogen-bond acceptors (Lipinski definition) is 7. The number of rotatable bonds is 5. The van der Waals surface area contributed by atoms with E-state index in [0.29, 0.717) is 16.9 Å². The summed E-state index contributed by atoms with van der Waals surface area (Å²) in [5.74, 6) is -2.06. The van der Waals surface area contributed by atoms with Crippen molar-refractivity contribution in [1.29, 1.82) is 0 Å². The summed E-state index contributed by atoms with van der Waals surface area (Å²) in [4.78, 5) is 35.2. The number of methoxy groups -OCH3 is 2. The van der Waals surface area contributed by atoms with Gasteiger partial charge in [0.15, 0.2) is 5.76 Å². The second-order valence-electron chi connectivity index (χ2n) is 5.38. The maximum Gasteiger partial charge on any atom is 0.337 e. The van der Waals surface area contributed by atoms with Crippen LogP contribution >= 0.6 is 0 Å². The molecule has 1 unspecified atom stereocenters. The van der Waals surface area contributed by atoms with Crippen LogP contribution in [0.5, 0.6) is 5.75 Å². The van der Waals surface area contributed by atoms with Crippen molar-refractivity contribution in [3.8, 4) is 5.75 Å². The lowest BCUT2D eigenvalue weighted by Gasteiger charge is -2.17. The predicted molar refractivity (Wildman–Crippen MR) is 87.6 cm³/mol. The van der Waals surface area contributed by atoms with Gasteiger partial charge in [-0.2, -0.15) is 0 Å². The number of carbonyl (C=O) groups excluding carboxylic acids is 2. The lowest BCUT2D eigenvalue weighted by atomic mass is 9.91. The van der Waals surface area contributed by atoms with Crippen molar-refractivity contribution in [1.82, 2.24) is 0 Å². The Morgan fingerprint density at radius 3 is 2.36 bits per heavy atom. The van der Waals surface area contributed by atoms with Crippen LogP contribution in [0.1, 0.15) is 39.8 Å². The van der Waals surface area contributed by atoms with Crippen molar-refractivity contribution in [3.63, 3.8) is 0 Å². The van der Waals surface area contributed by atoms with E-state index in [2.05, 4.69) is 9.47 Å². The zero-order valence-electron chi connectivity index (χ0n) is 14.1. The summed E-state index contributed by atoms with van der Waals surface area (Å²) in [6.07, 6.45) is -0.145. The van der Waals surface area contributed by atoms with Crippen molar-refractivity contribution in [2.24, 2.45) is 0 Å². The molecule has 1 aromatic heterocycles. The molecule has 2 aromatic rings. The molecule has 1 atom stereocenters. The molecular formula is C18H18O7. The van der Waals surface area contributed by atoms with Gasteiger partial charge >= 0.3 is 11.9 Å². The standard InChI is InChI=1S/C18H18O7/c1-10-8-14(19)16(21)17(25-10)13(9-15(20)23-2)11-4-6-12(7-5-11)18(22)24-3/h4-8,13,21H,9H2,1-3H3. The van der Waals surface area contributed by atoms with Gasteiger partial charge in [-0.15, -0.1) is 0 Å². The van der Waals surface area contributed by atoms with Crippen molar-refractivity contribution >= 4 is 11.9 Å². The number of carbonyl (C=O) groups is 2. The third-order valence-corrected chi connectivity index (χ3v) is 3.72. The number of benzene rings is 1. The molecule has 0 fully saturated rings. The van der Waals surface area contributed by atoms with Crippen molar-refractivity contribution < 1.29 is 28.6 Å². The first-order valence-corrected chi connectivity index (χ1v) is 7.46. The van der Waals surface area contributed by atoms with Crippen LogP contribution in [-0.4, -0.2) is 31.3 Å². The highest BCUT2D eigenvalue weighted by Crippen LogP contribution is 2.33. The van der Waals surface area contributed by atoms with Gasteiger partial charge in [-0.25, -0.2) is 4.79 Å². The zero-order chi connectivity index (χ0) is 18.6. The van der Waals surface area contributed by atoms with E-state index in [0.717, 1.165) is 6.07 Å². The van der Waals surface area contributed by atoms with Crippen LogP contribution in [0.15, 0.2) is 39.5 Å². The normalized spacial score (nSPS) is 11.6. The van der Waals surface area contributed by atoms with E-state index in [1.807, 2.05) is 0 Å². The smallest absolute Gasteiger partial charge is 0.337 e. The number of hydrogen-bond donors (Lipinski definition) is 1. The third-order valence-electron chi connectivity index (χ3n) is 3.72. The first kappa shape index (κ1) is 18.3. The maximum absolute atomic E-state index is 11.8. The molecule has 7 heteroatoms. The third kappa shape index (κ3) is 4.06. The molecule has 7 nitrogen and oxygen atoms in total. The summed E-state index contributed by atoms with van der Waals surface area (Å²) in [6.45, 7) is 1.57. The largest absolute Gasteiger partial charge is 0.502 e. The molecule has 0 saturated carbocycles. The van der Waals surface area contributed by atoms with E-state index in [4.69, 9.17) is 4.42 Å². The topological polar surface area (TPSA) is 103 Å². The second-order valence-corrected chi connectivity index (χ2v) is 5.38. The summed E-state index contributed by atoms with van der Waals surface area (Å²) in [5.41, 5.74) is 0.305. The van der Waals surface area contributed by atoms with Crippen LogP contribution in [0, 0.1) is 6.92 Å². The van der Waals surface area contributed by atoms with Crippen LogP contribution < -0.4 is 5.43 Å². The summed E-state index contributed by atoms with van der Waals surface area (Å²) in [6, 6.07) is 7.41. The Labute approximate surface area is 143 Å². The first-order chi connectivity index (χ1) is 11.9. The minimum Gasteiger partial charge on any atom is -0.502 e. The number of ether oxygens (including phenoxy) is 2. The van der Waals surface area contributed by atoms with Crippen LogP contribution in [0.3, 0.4) is 0 Å². The van der Waals surface area contributed by atoms with Gasteiger partial charge in [0.05, 0.1) is 32.1 Å². The monoisotopic (exact) mass is 346 g/mol. The van der Waals surface area contributed by atoms with Gasteiger partial charge in [0.1, 0.15) is 5.76 Å². The minimum atomic E-state index is -0.744. The molecular weight excluding hydrogens is 328 g/mol. The lowest BCUT2D eigenvalue weighted by molar-refractivity contribution is -0.140. The van der Waals surface area contributed by atoms with Crippen molar-refractivity contribution in [2.75, 3.05) is 14.2 Å². The minimum absolute atomic E-state index is 0.0266. The highest BCUT2D eigenvalue weighted by atomic mass is 16.5. The average Bonchev–Trinajstić information content (AvgIpc) is 2.62. The van der Waals surface area contributed by atoms with Crippen LogP contribution in [-0.2, 0) is 14.3 Å². The van der Waals surface area contributed by atoms with Crippen LogP contribution in [0.25, 0.3) is 0 Å². The Morgan fingerprint density at radius 1 is 1.16 bits per heavy atom. The van der Waals surface area contributed by atoms with Crippen molar-refractivity contribution in [3.05, 3.63) is 63.2 Å². The van der Waals surface area contributed by atoms with Crippen LogP contribution in [0.2, 0.25) is 0 Å². The van der Waals surface area contributed by atoms with Gasteiger partial charge in [0.2, 0.25) is 11.2 Å². The molecule has 0 aliphatic rings. The van der Waals surface area contributed by atoms with E-state index in [-0.39, 0.29) is 12.2 Å². The number of aryl methyl sites for hydroxylation is 1. The lowest BCUT2D eigenvalue weighted by Crippen LogP contribution is -2.14. The number of aromatic hydroxyl groups is 1. The van der Waals surface area contributed by atoms with Gasteiger partial charge < -0.3 is 19.0 Å². The highest BCUT2D eigenvalue weighted by Gasteiger charge is 2.26.